The molecule has 3 N–H and O–H groups in total. The van der Waals surface area contributed by atoms with E-state index >= 15 is 0 Å². The quantitative estimate of drug-likeness (QED) is 0.642. The van der Waals surface area contributed by atoms with Gasteiger partial charge in [0.1, 0.15) is 5.84 Å². The van der Waals surface area contributed by atoms with Crippen LogP contribution in [0.3, 0.4) is 0 Å². The zero-order valence-corrected chi connectivity index (χ0v) is 13.5. The van der Waals surface area contributed by atoms with Gasteiger partial charge in [0, 0.05) is 13.6 Å². The molecule has 0 unspecified atom stereocenters. The number of hydrogen-bond acceptors (Lipinski definition) is 5. The Balaban J connectivity index is 2.17. The van der Waals surface area contributed by atoms with Crippen molar-refractivity contribution in [3.05, 3.63) is 16.8 Å². The van der Waals surface area contributed by atoms with E-state index in [2.05, 4.69) is 27.0 Å². The number of aryl methyl sites for hydroxylation is 1. The Morgan fingerprint density at radius 3 is 2.52 bits per heavy atom. The molecule has 1 aliphatic heterocycles. The molecule has 0 spiro atoms. The second-order valence-electron chi connectivity index (χ2n) is 6.15. The Bertz CT molecular complexity index is 519. The van der Waals surface area contributed by atoms with Gasteiger partial charge in [-0.25, -0.2) is 0 Å². The van der Waals surface area contributed by atoms with Crippen LogP contribution in [0.4, 0.5) is 5.82 Å². The second kappa shape index (κ2) is 6.39. The van der Waals surface area contributed by atoms with Crippen molar-refractivity contribution in [2.75, 3.05) is 38.6 Å². The number of piperidine rings is 1. The maximum absolute atomic E-state index is 7.83. The van der Waals surface area contributed by atoms with Gasteiger partial charge in [-0.3, -0.25) is 5.41 Å². The van der Waals surface area contributed by atoms with Crippen LogP contribution in [0.5, 0.6) is 0 Å². The molecule has 0 saturated carbocycles. The topological polar surface area (TPSA) is 82.1 Å². The first-order chi connectivity index (χ1) is 9.90. The molecule has 2 rings (SSSR count). The van der Waals surface area contributed by atoms with Crippen molar-refractivity contribution in [1.82, 2.24) is 15.1 Å². The molecule has 116 valence electrons. The molecule has 0 amide bonds. The molecule has 6 heteroatoms. The molecule has 1 aromatic heterocycles. The van der Waals surface area contributed by atoms with Crippen LogP contribution < -0.4 is 10.6 Å². The average Bonchev–Trinajstić information content (AvgIpc) is 2.43. The van der Waals surface area contributed by atoms with Crippen LogP contribution in [0.25, 0.3) is 0 Å². The zero-order chi connectivity index (χ0) is 15.6. The Labute approximate surface area is 126 Å². The van der Waals surface area contributed by atoms with Crippen molar-refractivity contribution >= 4 is 11.7 Å². The zero-order valence-electron chi connectivity index (χ0n) is 13.5. The van der Waals surface area contributed by atoms with E-state index in [0.717, 1.165) is 42.3 Å². The second-order valence-corrected chi connectivity index (χ2v) is 6.15. The third-order valence-electron chi connectivity index (χ3n) is 4.44. The van der Waals surface area contributed by atoms with Crippen molar-refractivity contribution in [3.8, 4) is 0 Å². The molecule has 1 saturated heterocycles. The first-order valence-corrected chi connectivity index (χ1v) is 7.48. The number of aromatic nitrogens is 2. The average molecular weight is 290 g/mol. The Hall–Kier alpha value is -1.69. The van der Waals surface area contributed by atoms with E-state index in [9.17, 15) is 0 Å². The molecule has 0 aliphatic carbocycles. The Kier molecular flexibility index (Phi) is 4.77. The third-order valence-corrected chi connectivity index (χ3v) is 4.44. The molecule has 1 aromatic rings. The van der Waals surface area contributed by atoms with E-state index in [1.807, 2.05) is 20.9 Å². The van der Waals surface area contributed by atoms with Gasteiger partial charge in [0.05, 0.1) is 11.3 Å². The largest absolute Gasteiger partial charge is 0.384 e. The molecular weight excluding hydrogens is 264 g/mol. The van der Waals surface area contributed by atoms with E-state index in [4.69, 9.17) is 11.1 Å². The first kappa shape index (κ1) is 15.7. The highest BCUT2D eigenvalue weighted by atomic mass is 15.3. The van der Waals surface area contributed by atoms with Gasteiger partial charge in [-0.15, -0.1) is 5.10 Å². The minimum Gasteiger partial charge on any atom is -0.384 e. The van der Waals surface area contributed by atoms with Crippen LogP contribution >= 0.6 is 0 Å². The van der Waals surface area contributed by atoms with E-state index in [1.54, 1.807) is 0 Å². The predicted octanol–water partition coefficient (Wildman–Crippen LogP) is 1.16. The predicted molar refractivity (Wildman–Crippen MR) is 86.0 cm³/mol. The lowest BCUT2D eigenvalue weighted by molar-refractivity contribution is 0.222. The summed E-state index contributed by atoms with van der Waals surface area (Å²) in [7, 11) is 4.19. The summed E-state index contributed by atoms with van der Waals surface area (Å²) >= 11 is 0. The lowest BCUT2D eigenvalue weighted by atomic mass is 9.96. The normalized spacial score (nSPS) is 17.0. The van der Waals surface area contributed by atoms with Gasteiger partial charge < -0.3 is 15.5 Å². The summed E-state index contributed by atoms with van der Waals surface area (Å²) in [5.74, 6) is 1.45. The fourth-order valence-corrected chi connectivity index (χ4v) is 2.90. The summed E-state index contributed by atoms with van der Waals surface area (Å²) in [5.41, 5.74) is 8.25. The SMILES string of the molecule is Cc1nnc(N(C)CC2CCN(C)CC2)c(C(=N)N)c1C. The minimum absolute atomic E-state index is 0.0655. The van der Waals surface area contributed by atoms with Crippen LogP contribution in [0.2, 0.25) is 0 Å². The van der Waals surface area contributed by atoms with Gasteiger partial charge in [-0.05, 0) is 58.3 Å². The summed E-state index contributed by atoms with van der Waals surface area (Å²) < 4.78 is 0. The van der Waals surface area contributed by atoms with E-state index in [-0.39, 0.29) is 5.84 Å². The molecule has 1 aliphatic rings. The Morgan fingerprint density at radius 1 is 1.33 bits per heavy atom. The molecule has 1 fully saturated rings. The van der Waals surface area contributed by atoms with Gasteiger partial charge in [-0.2, -0.15) is 5.10 Å². The summed E-state index contributed by atoms with van der Waals surface area (Å²) in [6, 6.07) is 0. The van der Waals surface area contributed by atoms with Crippen molar-refractivity contribution in [3.63, 3.8) is 0 Å². The first-order valence-electron chi connectivity index (χ1n) is 7.48. The third kappa shape index (κ3) is 3.50. The molecule has 21 heavy (non-hydrogen) atoms. The number of rotatable bonds is 4. The molecule has 0 atom stereocenters. The van der Waals surface area contributed by atoms with Crippen LogP contribution in [0.15, 0.2) is 0 Å². The molecule has 2 heterocycles. The fraction of sp³-hybridized carbons (Fsp3) is 0.667. The molecule has 0 bridgehead atoms. The van der Waals surface area contributed by atoms with E-state index in [1.165, 1.54) is 12.8 Å². The number of nitrogen functional groups attached to an aromatic ring is 1. The number of likely N-dealkylation sites (tertiary alicyclic amines) is 1. The van der Waals surface area contributed by atoms with Crippen molar-refractivity contribution < 1.29 is 0 Å². The fourth-order valence-electron chi connectivity index (χ4n) is 2.90. The van der Waals surface area contributed by atoms with Crippen molar-refractivity contribution in [2.24, 2.45) is 11.7 Å². The number of hydrogen-bond donors (Lipinski definition) is 2. The highest BCUT2D eigenvalue weighted by molar-refractivity contribution is 6.01. The van der Waals surface area contributed by atoms with Gasteiger partial charge >= 0.3 is 0 Å². The standard InChI is InChI=1S/C15H26N6/c1-10-11(2)18-19-15(13(10)14(16)17)21(4)9-12-5-7-20(3)8-6-12/h12H,5-9H2,1-4H3,(H3,16,17). The van der Waals surface area contributed by atoms with Gasteiger partial charge in [-0.1, -0.05) is 0 Å². The lowest BCUT2D eigenvalue weighted by Crippen LogP contribution is -2.36. The number of nitrogens with one attached hydrogen (secondary N) is 1. The summed E-state index contributed by atoms with van der Waals surface area (Å²) in [5, 5.41) is 16.3. The highest BCUT2D eigenvalue weighted by Gasteiger charge is 2.22. The van der Waals surface area contributed by atoms with Gasteiger partial charge in [0.25, 0.3) is 0 Å². The number of anilines is 1. The summed E-state index contributed by atoms with van der Waals surface area (Å²) in [6.45, 7) is 7.09. The van der Waals surface area contributed by atoms with Crippen LogP contribution in [0.1, 0.15) is 29.7 Å². The molecular formula is C15H26N6. The monoisotopic (exact) mass is 290 g/mol. The van der Waals surface area contributed by atoms with E-state index < -0.39 is 0 Å². The number of nitrogens with zero attached hydrogens (tertiary/aromatic N) is 4. The maximum Gasteiger partial charge on any atom is 0.162 e. The smallest absolute Gasteiger partial charge is 0.162 e. The van der Waals surface area contributed by atoms with Gasteiger partial charge in [0.2, 0.25) is 0 Å². The maximum atomic E-state index is 7.83. The molecule has 6 nitrogen and oxygen atoms in total. The van der Waals surface area contributed by atoms with Crippen molar-refractivity contribution in [2.45, 2.75) is 26.7 Å². The number of amidine groups is 1. The Morgan fingerprint density at radius 2 is 1.95 bits per heavy atom. The lowest BCUT2D eigenvalue weighted by Gasteiger charge is -2.32. The van der Waals surface area contributed by atoms with Crippen LogP contribution in [-0.4, -0.2) is 54.7 Å². The summed E-state index contributed by atoms with van der Waals surface area (Å²) in [4.78, 5) is 4.47. The van der Waals surface area contributed by atoms with Gasteiger partial charge in [0.15, 0.2) is 5.82 Å². The van der Waals surface area contributed by atoms with Crippen LogP contribution in [-0.2, 0) is 0 Å². The number of nitrogens with two attached hydrogens (primary N) is 1. The highest BCUT2D eigenvalue weighted by Crippen LogP contribution is 2.24. The van der Waals surface area contributed by atoms with Crippen molar-refractivity contribution in [1.29, 1.82) is 5.41 Å². The summed E-state index contributed by atoms with van der Waals surface area (Å²) in [6.07, 6.45) is 2.41. The molecule has 0 radical (unpaired) electrons. The minimum atomic E-state index is 0.0655. The molecule has 0 aromatic carbocycles. The van der Waals surface area contributed by atoms with E-state index in [0.29, 0.717) is 5.92 Å². The van der Waals surface area contributed by atoms with Crippen LogP contribution in [0, 0.1) is 25.2 Å².